The first kappa shape index (κ1) is 7.83. The molecule has 0 radical (unpaired) electrons. The van der Waals surface area contributed by atoms with Crippen LogP contribution in [0.15, 0.2) is 0 Å². The van der Waals surface area contributed by atoms with Crippen LogP contribution in [0.25, 0.3) is 0 Å². The Morgan fingerprint density at radius 1 is 1.89 bits per heavy atom. The van der Waals surface area contributed by atoms with Gasteiger partial charge in [0.1, 0.15) is 0 Å². The summed E-state index contributed by atoms with van der Waals surface area (Å²) < 4.78 is 3.97. The minimum atomic E-state index is -1.94. The smallest absolute Gasteiger partial charge is 0.412 e. The zero-order valence-electron chi connectivity index (χ0n) is 4.60. The number of aliphatic carboxylic acids is 1. The molecule has 9 heavy (non-hydrogen) atoms. The first-order valence-electron chi connectivity index (χ1n) is 1.98. The van der Waals surface area contributed by atoms with Crippen LogP contribution in [0.3, 0.4) is 0 Å². The van der Waals surface area contributed by atoms with E-state index >= 15 is 0 Å². The van der Waals surface area contributed by atoms with Gasteiger partial charge in [-0.1, -0.05) is 0 Å². The molecule has 6 heteroatoms. The summed E-state index contributed by atoms with van der Waals surface area (Å²) in [6.07, 6.45) is -1.94. The van der Waals surface area contributed by atoms with E-state index in [4.69, 9.17) is 5.11 Å². The van der Waals surface area contributed by atoms with Crippen LogP contribution in [-0.4, -0.2) is 29.3 Å². The van der Waals surface area contributed by atoms with Crippen molar-refractivity contribution in [2.45, 2.75) is 6.23 Å². The van der Waals surface area contributed by atoms with Gasteiger partial charge in [0, 0.05) is 7.11 Å². The van der Waals surface area contributed by atoms with Crippen molar-refractivity contribution in [3.8, 4) is 0 Å². The molecular weight excluding hydrogens is 130 g/mol. The molecule has 1 atom stereocenters. The maximum absolute atomic E-state index is 9.81. The van der Waals surface area contributed by atoms with Crippen LogP contribution >= 0.6 is 0 Å². The van der Waals surface area contributed by atoms with Crippen molar-refractivity contribution in [3.63, 3.8) is 0 Å². The summed E-state index contributed by atoms with van der Waals surface area (Å²) >= 11 is 0. The number of carboxylic acids is 1. The van der Waals surface area contributed by atoms with Crippen LogP contribution in [-0.2, 0) is 9.53 Å². The molecule has 0 amide bonds. The number of carboxylic acid groups (broad SMARTS) is 1. The molecule has 0 heterocycles. The number of nitro groups is 1. The molecular formula is C3H5NO5. The lowest BCUT2D eigenvalue weighted by Crippen LogP contribution is -2.30. The molecule has 0 unspecified atom stereocenters. The van der Waals surface area contributed by atoms with E-state index in [9.17, 15) is 14.9 Å². The van der Waals surface area contributed by atoms with E-state index in [0.717, 1.165) is 7.11 Å². The quantitative estimate of drug-likeness (QED) is 0.314. The van der Waals surface area contributed by atoms with E-state index < -0.39 is 17.1 Å². The molecule has 6 nitrogen and oxygen atoms in total. The second kappa shape index (κ2) is 2.98. The van der Waals surface area contributed by atoms with Gasteiger partial charge in [0.2, 0.25) is 0 Å². The molecule has 0 fully saturated rings. The average molecular weight is 135 g/mol. The van der Waals surface area contributed by atoms with E-state index in [-0.39, 0.29) is 0 Å². The molecule has 0 aromatic rings. The van der Waals surface area contributed by atoms with Gasteiger partial charge >= 0.3 is 12.2 Å². The second-order valence-corrected chi connectivity index (χ2v) is 1.21. The molecule has 0 aliphatic heterocycles. The Morgan fingerprint density at radius 2 is 2.33 bits per heavy atom. The number of rotatable bonds is 3. The highest BCUT2D eigenvalue weighted by molar-refractivity contribution is 5.70. The maximum Gasteiger partial charge on any atom is 0.412 e. The van der Waals surface area contributed by atoms with Gasteiger partial charge in [-0.15, -0.1) is 0 Å². The third-order valence-corrected chi connectivity index (χ3v) is 0.626. The minimum Gasteiger partial charge on any atom is -0.474 e. The highest BCUT2D eigenvalue weighted by Gasteiger charge is 2.27. The third-order valence-electron chi connectivity index (χ3n) is 0.626. The van der Waals surface area contributed by atoms with Crippen molar-refractivity contribution in [2.24, 2.45) is 0 Å². The van der Waals surface area contributed by atoms with Crippen molar-refractivity contribution in [1.82, 2.24) is 0 Å². The fourth-order valence-electron chi connectivity index (χ4n) is 0.277. The Labute approximate surface area is 50.2 Å². The predicted molar refractivity (Wildman–Crippen MR) is 25.4 cm³/mol. The number of ether oxygens (including phenoxy) is 1. The van der Waals surface area contributed by atoms with Crippen LogP contribution in [0.2, 0.25) is 0 Å². The van der Waals surface area contributed by atoms with E-state index in [1.165, 1.54) is 0 Å². The molecule has 0 aliphatic rings. The van der Waals surface area contributed by atoms with Gasteiger partial charge in [-0.2, -0.15) is 0 Å². The lowest BCUT2D eigenvalue weighted by Gasteiger charge is -1.98. The molecule has 52 valence electrons. The summed E-state index contributed by atoms with van der Waals surface area (Å²) in [7, 11) is 0.960. The monoisotopic (exact) mass is 135 g/mol. The summed E-state index contributed by atoms with van der Waals surface area (Å²) in [4.78, 5) is 18.5. The molecule has 0 bridgehead atoms. The van der Waals surface area contributed by atoms with E-state index in [2.05, 4.69) is 4.74 Å². The Morgan fingerprint density at radius 3 is 2.33 bits per heavy atom. The summed E-state index contributed by atoms with van der Waals surface area (Å²) in [6, 6.07) is 0. The SMILES string of the molecule is CO[C@@H](C(=O)O)[N+](=O)[O-]. The summed E-state index contributed by atoms with van der Waals surface area (Å²) in [5.74, 6) is -1.59. The Hall–Kier alpha value is -1.17. The van der Waals surface area contributed by atoms with Crippen molar-refractivity contribution < 1.29 is 19.6 Å². The van der Waals surface area contributed by atoms with E-state index in [1.54, 1.807) is 0 Å². The number of carbonyl (C=O) groups is 1. The molecule has 1 N–H and O–H groups in total. The van der Waals surface area contributed by atoms with Crippen molar-refractivity contribution in [3.05, 3.63) is 10.1 Å². The molecule has 0 aromatic heterocycles. The van der Waals surface area contributed by atoms with Gasteiger partial charge in [-0.25, -0.2) is 4.79 Å². The van der Waals surface area contributed by atoms with Crippen molar-refractivity contribution in [2.75, 3.05) is 7.11 Å². The van der Waals surface area contributed by atoms with E-state index in [1.807, 2.05) is 0 Å². The zero-order valence-corrected chi connectivity index (χ0v) is 4.60. The third kappa shape index (κ3) is 2.04. The predicted octanol–water partition coefficient (Wildman–Crippen LogP) is -0.680. The molecule has 0 saturated heterocycles. The Kier molecular flexibility index (Phi) is 2.59. The van der Waals surface area contributed by atoms with Gasteiger partial charge < -0.3 is 9.84 Å². The minimum absolute atomic E-state index is 0.960. The first-order valence-corrected chi connectivity index (χ1v) is 1.98. The average Bonchev–Trinajstić information content (AvgIpc) is 1.64. The fraction of sp³-hybridized carbons (Fsp3) is 0.667. The van der Waals surface area contributed by atoms with Gasteiger partial charge in [0.25, 0.3) is 0 Å². The normalized spacial score (nSPS) is 12.6. The van der Waals surface area contributed by atoms with Crippen LogP contribution in [0, 0.1) is 10.1 Å². The summed E-state index contributed by atoms with van der Waals surface area (Å²) in [6.45, 7) is 0. The van der Waals surface area contributed by atoms with Crippen LogP contribution in [0.5, 0.6) is 0 Å². The van der Waals surface area contributed by atoms with Gasteiger partial charge in [-0.3, -0.25) is 10.1 Å². The van der Waals surface area contributed by atoms with Crippen LogP contribution in [0.1, 0.15) is 0 Å². The second-order valence-electron chi connectivity index (χ2n) is 1.21. The largest absolute Gasteiger partial charge is 0.474 e. The van der Waals surface area contributed by atoms with Gasteiger partial charge in [0.05, 0.1) is 4.92 Å². The lowest BCUT2D eigenvalue weighted by atomic mass is 10.6. The highest BCUT2D eigenvalue weighted by atomic mass is 16.7. The number of hydrogen-bond donors (Lipinski definition) is 1. The summed E-state index contributed by atoms with van der Waals surface area (Å²) in [5, 5.41) is 17.6. The standard InChI is InChI=1S/C3H5NO5/c1-9-2(3(5)6)4(7)8/h2H,1H3,(H,5,6)/t2-/m0/s1. The first-order chi connectivity index (χ1) is 4.09. The van der Waals surface area contributed by atoms with E-state index in [0.29, 0.717) is 0 Å². The van der Waals surface area contributed by atoms with Crippen LogP contribution in [0.4, 0.5) is 0 Å². The Balaban J connectivity index is 3.99. The molecule has 0 saturated carbocycles. The number of nitrogens with zero attached hydrogens (tertiary/aromatic N) is 1. The summed E-state index contributed by atoms with van der Waals surface area (Å²) in [5.41, 5.74) is 0. The lowest BCUT2D eigenvalue weighted by molar-refractivity contribution is -0.558. The highest BCUT2D eigenvalue weighted by Crippen LogP contribution is 1.88. The van der Waals surface area contributed by atoms with Gasteiger partial charge in [-0.05, 0) is 0 Å². The Bertz CT molecular complexity index is 118. The molecule has 0 aliphatic carbocycles. The fourth-order valence-corrected chi connectivity index (χ4v) is 0.277. The van der Waals surface area contributed by atoms with Crippen LogP contribution < -0.4 is 0 Å². The zero-order chi connectivity index (χ0) is 7.44. The van der Waals surface area contributed by atoms with Crippen molar-refractivity contribution >= 4 is 5.97 Å². The number of hydrogen-bond acceptors (Lipinski definition) is 4. The number of methoxy groups -OCH3 is 1. The maximum atomic E-state index is 9.81. The van der Waals surface area contributed by atoms with Gasteiger partial charge in [0.15, 0.2) is 0 Å². The van der Waals surface area contributed by atoms with Crippen molar-refractivity contribution in [1.29, 1.82) is 0 Å². The molecule has 0 rings (SSSR count). The molecule has 0 spiro atoms. The topological polar surface area (TPSA) is 89.7 Å². The molecule has 0 aromatic carbocycles.